The van der Waals surface area contributed by atoms with E-state index in [9.17, 15) is 4.39 Å². The number of nitrogens with one attached hydrogen (secondary N) is 1. The molecule has 1 N–H and O–H groups in total. The topological polar surface area (TPSA) is 15.3 Å². The standard InChI is InChI=1S/C17H27FN2/c1-4-5-17-12-20(14(3)11-19-17)13(2)10-15-6-8-16(18)9-7-15/h6-9,13-14,17,19H,4-5,10-12H2,1-3H3. The fraction of sp³-hybridized carbons (Fsp3) is 0.647. The summed E-state index contributed by atoms with van der Waals surface area (Å²) in [5.74, 6) is -0.153. The Morgan fingerprint density at radius 2 is 2.05 bits per heavy atom. The number of halogens is 1. The lowest BCUT2D eigenvalue weighted by molar-refractivity contribution is 0.0958. The maximum Gasteiger partial charge on any atom is 0.123 e. The molecule has 1 heterocycles. The minimum Gasteiger partial charge on any atom is -0.311 e. The van der Waals surface area contributed by atoms with Crippen molar-refractivity contribution in [1.82, 2.24) is 10.2 Å². The number of piperazine rings is 1. The molecule has 3 unspecified atom stereocenters. The molecule has 1 aromatic rings. The van der Waals surface area contributed by atoms with Gasteiger partial charge < -0.3 is 5.32 Å². The SMILES string of the molecule is CCCC1CN(C(C)Cc2ccc(F)cc2)C(C)CN1. The summed E-state index contributed by atoms with van der Waals surface area (Å²) < 4.78 is 13.0. The molecule has 1 saturated heterocycles. The zero-order valence-corrected chi connectivity index (χ0v) is 12.9. The van der Waals surface area contributed by atoms with Crippen molar-refractivity contribution in [2.75, 3.05) is 13.1 Å². The van der Waals surface area contributed by atoms with Crippen molar-refractivity contribution in [3.05, 3.63) is 35.6 Å². The van der Waals surface area contributed by atoms with E-state index in [1.807, 2.05) is 12.1 Å². The minimum atomic E-state index is -0.153. The van der Waals surface area contributed by atoms with E-state index in [1.54, 1.807) is 12.1 Å². The molecule has 112 valence electrons. The maximum atomic E-state index is 13.0. The van der Waals surface area contributed by atoms with Crippen LogP contribution in [0.1, 0.15) is 39.2 Å². The third kappa shape index (κ3) is 4.03. The molecular formula is C17H27FN2. The average Bonchev–Trinajstić information content (AvgIpc) is 2.43. The van der Waals surface area contributed by atoms with Gasteiger partial charge in [0.05, 0.1) is 0 Å². The second-order valence-electron chi connectivity index (χ2n) is 6.12. The van der Waals surface area contributed by atoms with Crippen molar-refractivity contribution in [2.45, 2.75) is 58.2 Å². The van der Waals surface area contributed by atoms with Crippen LogP contribution in [0.25, 0.3) is 0 Å². The highest BCUT2D eigenvalue weighted by molar-refractivity contribution is 5.17. The molecular weight excluding hydrogens is 251 g/mol. The lowest BCUT2D eigenvalue weighted by atomic mass is 10.00. The fourth-order valence-corrected chi connectivity index (χ4v) is 3.19. The monoisotopic (exact) mass is 278 g/mol. The van der Waals surface area contributed by atoms with Crippen molar-refractivity contribution in [3.8, 4) is 0 Å². The summed E-state index contributed by atoms with van der Waals surface area (Å²) >= 11 is 0. The highest BCUT2D eigenvalue weighted by Crippen LogP contribution is 2.17. The lowest BCUT2D eigenvalue weighted by Gasteiger charge is -2.42. The molecule has 0 amide bonds. The number of hydrogen-bond acceptors (Lipinski definition) is 2. The molecule has 0 saturated carbocycles. The van der Waals surface area contributed by atoms with Crippen LogP contribution < -0.4 is 5.32 Å². The van der Waals surface area contributed by atoms with Gasteiger partial charge in [-0.25, -0.2) is 4.39 Å². The van der Waals surface area contributed by atoms with Gasteiger partial charge in [-0.2, -0.15) is 0 Å². The fourth-order valence-electron chi connectivity index (χ4n) is 3.19. The molecule has 2 rings (SSSR count). The predicted molar refractivity (Wildman–Crippen MR) is 82.4 cm³/mol. The van der Waals surface area contributed by atoms with Crippen LogP contribution in [-0.2, 0) is 6.42 Å². The Morgan fingerprint density at radius 3 is 2.70 bits per heavy atom. The van der Waals surface area contributed by atoms with Gasteiger partial charge in [-0.3, -0.25) is 4.90 Å². The normalized spacial score (nSPS) is 25.6. The predicted octanol–water partition coefficient (Wildman–Crippen LogP) is 3.22. The first-order valence-electron chi connectivity index (χ1n) is 7.83. The van der Waals surface area contributed by atoms with Crippen LogP contribution in [0.2, 0.25) is 0 Å². The zero-order chi connectivity index (χ0) is 14.5. The van der Waals surface area contributed by atoms with Crippen molar-refractivity contribution < 1.29 is 4.39 Å². The zero-order valence-electron chi connectivity index (χ0n) is 12.9. The van der Waals surface area contributed by atoms with Gasteiger partial charge in [-0.1, -0.05) is 25.5 Å². The summed E-state index contributed by atoms with van der Waals surface area (Å²) in [5, 5.41) is 3.63. The molecule has 0 radical (unpaired) electrons. The summed E-state index contributed by atoms with van der Waals surface area (Å²) in [7, 11) is 0. The molecule has 2 nitrogen and oxygen atoms in total. The molecule has 3 atom stereocenters. The first-order chi connectivity index (χ1) is 9.60. The Labute approximate surface area is 122 Å². The Kier molecular flexibility index (Phi) is 5.55. The highest BCUT2D eigenvalue weighted by Gasteiger charge is 2.27. The van der Waals surface area contributed by atoms with E-state index in [0.717, 1.165) is 19.5 Å². The van der Waals surface area contributed by atoms with E-state index in [1.165, 1.54) is 18.4 Å². The number of hydrogen-bond donors (Lipinski definition) is 1. The molecule has 0 bridgehead atoms. The van der Waals surface area contributed by atoms with Crippen LogP contribution in [0, 0.1) is 5.82 Å². The van der Waals surface area contributed by atoms with E-state index in [2.05, 4.69) is 31.0 Å². The Bertz CT molecular complexity index is 404. The van der Waals surface area contributed by atoms with Gasteiger partial charge in [0.15, 0.2) is 0 Å². The summed E-state index contributed by atoms with van der Waals surface area (Å²) in [6.45, 7) is 9.01. The summed E-state index contributed by atoms with van der Waals surface area (Å²) in [6, 6.07) is 8.61. The molecule has 1 aliphatic heterocycles. The smallest absolute Gasteiger partial charge is 0.123 e. The van der Waals surface area contributed by atoms with Crippen LogP contribution in [0.15, 0.2) is 24.3 Å². The van der Waals surface area contributed by atoms with Crippen molar-refractivity contribution in [2.24, 2.45) is 0 Å². The largest absolute Gasteiger partial charge is 0.311 e. The van der Waals surface area contributed by atoms with Crippen LogP contribution in [0.3, 0.4) is 0 Å². The van der Waals surface area contributed by atoms with Crippen molar-refractivity contribution in [1.29, 1.82) is 0 Å². The van der Waals surface area contributed by atoms with Crippen LogP contribution in [-0.4, -0.2) is 36.1 Å². The highest BCUT2D eigenvalue weighted by atomic mass is 19.1. The Balaban J connectivity index is 1.95. The van der Waals surface area contributed by atoms with E-state index < -0.39 is 0 Å². The molecule has 0 aromatic heterocycles. The van der Waals surface area contributed by atoms with Gasteiger partial charge in [0.2, 0.25) is 0 Å². The van der Waals surface area contributed by atoms with E-state index in [4.69, 9.17) is 0 Å². The van der Waals surface area contributed by atoms with E-state index in [0.29, 0.717) is 18.1 Å². The van der Waals surface area contributed by atoms with Gasteiger partial charge in [-0.05, 0) is 44.4 Å². The molecule has 20 heavy (non-hydrogen) atoms. The minimum absolute atomic E-state index is 0.153. The molecule has 1 aromatic carbocycles. The first-order valence-corrected chi connectivity index (χ1v) is 7.83. The second kappa shape index (κ2) is 7.19. The molecule has 1 aliphatic rings. The van der Waals surface area contributed by atoms with Crippen molar-refractivity contribution in [3.63, 3.8) is 0 Å². The third-order valence-electron chi connectivity index (χ3n) is 4.35. The molecule has 3 heteroatoms. The summed E-state index contributed by atoms with van der Waals surface area (Å²) in [5.41, 5.74) is 1.22. The number of benzene rings is 1. The van der Waals surface area contributed by atoms with E-state index in [-0.39, 0.29) is 5.82 Å². The maximum absolute atomic E-state index is 13.0. The van der Waals surface area contributed by atoms with Crippen LogP contribution in [0.4, 0.5) is 4.39 Å². The second-order valence-corrected chi connectivity index (χ2v) is 6.12. The number of rotatable bonds is 5. The summed E-state index contributed by atoms with van der Waals surface area (Å²) in [6.07, 6.45) is 3.46. The van der Waals surface area contributed by atoms with E-state index >= 15 is 0 Å². The number of nitrogens with zero attached hydrogens (tertiary/aromatic N) is 1. The first kappa shape index (κ1) is 15.5. The third-order valence-corrected chi connectivity index (χ3v) is 4.35. The molecule has 0 spiro atoms. The lowest BCUT2D eigenvalue weighted by Crippen LogP contribution is -2.58. The van der Waals surface area contributed by atoms with Gasteiger partial charge in [0, 0.05) is 31.2 Å². The Morgan fingerprint density at radius 1 is 1.35 bits per heavy atom. The van der Waals surface area contributed by atoms with Gasteiger partial charge >= 0.3 is 0 Å². The van der Waals surface area contributed by atoms with Gasteiger partial charge in [0.1, 0.15) is 5.82 Å². The summed E-state index contributed by atoms with van der Waals surface area (Å²) in [4.78, 5) is 2.60. The van der Waals surface area contributed by atoms with Crippen molar-refractivity contribution >= 4 is 0 Å². The van der Waals surface area contributed by atoms with Crippen LogP contribution in [0.5, 0.6) is 0 Å². The average molecular weight is 278 g/mol. The Hall–Kier alpha value is -0.930. The van der Waals surface area contributed by atoms with Gasteiger partial charge in [0.25, 0.3) is 0 Å². The quantitative estimate of drug-likeness (QED) is 0.889. The van der Waals surface area contributed by atoms with Crippen LogP contribution >= 0.6 is 0 Å². The molecule has 1 fully saturated rings. The van der Waals surface area contributed by atoms with Gasteiger partial charge in [-0.15, -0.1) is 0 Å². The molecule has 0 aliphatic carbocycles.